The fraction of sp³-hybridized carbons (Fsp3) is 0.375. The van der Waals surface area contributed by atoms with Crippen LogP contribution < -0.4 is 19.7 Å². The number of amides is 1. The largest absolute Gasteiger partial charge is 0.486 e. The van der Waals surface area contributed by atoms with Crippen molar-refractivity contribution in [1.29, 1.82) is 0 Å². The van der Waals surface area contributed by atoms with E-state index in [4.69, 9.17) is 14.2 Å². The maximum Gasteiger partial charge on any atom is 0.232 e. The van der Waals surface area contributed by atoms with Gasteiger partial charge in [0.2, 0.25) is 11.9 Å². The molecule has 34 heavy (non-hydrogen) atoms. The van der Waals surface area contributed by atoms with E-state index in [0.717, 1.165) is 36.0 Å². The van der Waals surface area contributed by atoms with Crippen molar-refractivity contribution in [3.63, 3.8) is 0 Å². The summed E-state index contributed by atoms with van der Waals surface area (Å²) < 4.78 is 19.2. The van der Waals surface area contributed by atoms with Gasteiger partial charge in [-0.25, -0.2) is 0 Å². The fourth-order valence-electron chi connectivity index (χ4n) is 3.92. The number of carbonyl (C=O) groups excluding carboxylic acids is 1. The van der Waals surface area contributed by atoms with Crippen LogP contribution in [0.15, 0.2) is 53.7 Å². The van der Waals surface area contributed by atoms with Gasteiger partial charge in [0.05, 0.1) is 31.2 Å². The van der Waals surface area contributed by atoms with Crippen LogP contribution in [-0.4, -0.2) is 72.0 Å². The summed E-state index contributed by atoms with van der Waals surface area (Å²) in [6.07, 6.45) is -0.229. The molecule has 0 radical (unpaired) electrons. The molecule has 0 aliphatic carbocycles. The molecule has 9 nitrogen and oxygen atoms in total. The molecule has 1 saturated heterocycles. The minimum atomic E-state index is -0.229. The van der Waals surface area contributed by atoms with Crippen LogP contribution in [0.1, 0.15) is 5.56 Å². The molecule has 178 valence electrons. The lowest BCUT2D eigenvalue weighted by atomic mass is 10.2. The number of hydrogen-bond donors (Lipinski definition) is 1. The number of carbonyl (C=O) groups is 1. The Morgan fingerprint density at radius 1 is 1.09 bits per heavy atom. The smallest absolute Gasteiger partial charge is 0.232 e. The highest BCUT2D eigenvalue weighted by atomic mass is 32.2. The SMILES string of the molecule is Cc1ccccc1-n1c(SCC(=O)NC[C@@H]2COc3ccccc3O2)nnc1N1CCOCC1. The number of nitrogens with zero attached hydrogens (tertiary/aromatic N) is 4. The maximum atomic E-state index is 12.6. The highest BCUT2D eigenvalue weighted by Crippen LogP contribution is 2.31. The first-order valence-electron chi connectivity index (χ1n) is 11.3. The van der Waals surface area contributed by atoms with Crippen LogP contribution in [0, 0.1) is 6.92 Å². The number of rotatable bonds is 7. The Morgan fingerprint density at radius 3 is 2.68 bits per heavy atom. The molecule has 10 heteroatoms. The molecule has 0 saturated carbocycles. The summed E-state index contributed by atoms with van der Waals surface area (Å²) in [6, 6.07) is 15.6. The highest BCUT2D eigenvalue weighted by Gasteiger charge is 2.24. The molecule has 3 heterocycles. The Bertz CT molecular complexity index is 1150. The quantitative estimate of drug-likeness (QED) is 0.515. The third kappa shape index (κ3) is 4.97. The van der Waals surface area contributed by atoms with Gasteiger partial charge in [0.25, 0.3) is 0 Å². The molecule has 3 aromatic rings. The van der Waals surface area contributed by atoms with Crippen LogP contribution >= 0.6 is 11.8 Å². The molecule has 2 aliphatic rings. The van der Waals surface area contributed by atoms with Gasteiger partial charge in [-0.05, 0) is 30.7 Å². The van der Waals surface area contributed by atoms with Crippen LogP contribution in [0.5, 0.6) is 11.5 Å². The summed E-state index contributed by atoms with van der Waals surface area (Å²) in [7, 11) is 0. The van der Waals surface area contributed by atoms with Crippen molar-refractivity contribution in [2.75, 3.05) is 50.1 Å². The first kappa shape index (κ1) is 22.5. The Morgan fingerprint density at radius 2 is 1.85 bits per heavy atom. The summed E-state index contributed by atoms with van der Waals surface area (Å²) in [5, 5.41) is 12.5. The normalized spacial score (nSPS) is 17.4. The monoisotopic (exact) mass is 481 g/mol. The molecule has 1 amide bonds. The molecule has 1 aromatic heterocycles. The summed E-state index contributed by atoms with van der Waals surface area (Å²) in [4.78, 5) is 14.8. The van der Waals surface area contributed by atoms with Gasteiger partial charge in [-0.3, -0.25) is 9.36 Å². The first-order valence-corrected chi connectivity index (χ1v) is 12.3. The lowest BCUT2D eigenvalue weighted by molar-refractivity contribution is -0.119. The van der Waals surface area contributed by atoms with Crippen LogP contribution in [0.4, 0.5) is 5.95 Å². The Labute approximate surface area is 202 Å². The lowest BCUT2D eigenvalue weighted by Crippen LogP contribution is -2.41. The molecule has 5 rings (SSSR count). The Kier molecular flexibility index (Phi) is 6.87. The number of para-hydroxylation sites is 3. The minimum absolute atomic E-state index is 0.0975. The van der Waals surface area contributed by atoms with Crippen LogP contribution in [0.2, 0.25) is 0 Å². The standard InChI is InChI=1S/C24H27N5O4S/c1-17-6-2-3-7-19(17)29-23(28-10-12-31-13-11-28)26-27-24(29)34-16-22(30)25-14-18-15-32-20-8-4-5-9-21(20)33-18/h2-9,18H,10-16H2,1H3,(H,25,30)/t18-/m1/s1. The van der Waals surface area contributed by atoms with Crippen LogP contribution in [0.3, 0.4) is 0 Å². The molecule has 0 bridgehead atoms. The third-order valence-electron chi connectivity index (χ3n) is 5.69. The summed E-state index contributed by atoms with van der Waals surface area (Å²) >= 11 is 1.37. The molecule has 0 spiro atoms. The minimum Gasteiger partial charge on any atom is -0.486 e. The van der Waals surface area contributed by atoms with Gasteiger partial charge in [-0.1, -0.05) is 42.1 Å². The van der Waals surface area contributed by atoms with Gasteiger partial charge < -0.3 is 24.4 Å². The second-order valence-electron chi connectivity index (χ2n) is 8.09. The van der Waals surface area contributed by atoms with Crippen molar-refractivity contribution in [3.05, 3.63) is 54.1 Å². The topological polar surface area (TPSA) is 90.7 Å². The zero-order chi connectivity index (χ0) is 23.3. The van der Waals surface area contributed by atoms with Crippen LogP contribution in [-0.2, 0) is 9.53 Å². The van der Waals surface area contributed by atoms with E-state index < -0.39 is 0 Å². The number of anilines is 1. The van der Waals surface area contributed by atoms with Crippen molar-refractivity contribution in [3.8, 4) is 17.2 Å². The average Bonchev–Trinajstić information content (AvgIpc) is 3.30. The number of hydrogen-bond acceptors (Lipinski definition) is 8. The zero-order valence-corrected chi connectivity index (χ0v) is 19.8. The number of thioether (sulfide) groups is 1. The van der Waals surface area contributed by atoms with Crippen molar-refractivity contribution < 1.29 is 19.0 Å². The Hall–Kier alpha value is -3.24. The molecule has 0 unspecified atom stereocenters. The first-order chi connectivity index (χ1) is 16.7. The van der Waals surface area contributed by atoms with Crippen LogP contribution in [0.25, 0.3) is 5.69 Å². The molecule has 1 atom stereocenters. The van der Waals surface area contributed by atoms with Crippen molar-refractivity contribution in [2.24, 2.45) is 0 Å². The summed E-state index contributed by atoms with van der Waals surface area (Å²) in [6.45, 7) is 5.64. The van der Waals surface area contributed by atoms with Gasteiger partial charge in [0, 0.05) is 13.1 Å². The van der Waals surface area contributed by atoms with E-state index in [-0.39, 0.29) is 17.8 Å². The lowest BCUT2D eigenvalue weighted by Gasteiger charge is -2.28. The van der Waals surface area contributed by atoms with E-state index in [1.807, 2.05) is 47.0 Å². The van der Waals surface area contributed by atoms with E-state index in [1.54, 1.807) is 0 Å². The van der Waals surface area contributed by atoms with Gasteiger partial charge in [-0.2, -0.15) is 0 Å². The molecule has 1 N–H and O–H groups in total. The van der Waals surface area contributed by atoms with Crippen molar-refractivity contribution in [1.82, 2.24) is 20.1 Å². The number of aromatic nitrogens is 3. The highest BCUT2D eigenvalue weighted by molar-refractivity contribution is 7.99. The second kappa shape index (κ2) is 10.4. The summed E-state index contributed by atoms with van der Waals surface area (Å²) in [5.41, 5.74) is 2.11. The summed E-state index contributed by atoms with van der Waals surface area (Å²) in [5.74, 6) is 2.32. The van der Waals surface area contributed by atoms with Gasteiger partial charge >= 0.3 is 0 Å². The van der Waals surface area contributed by atoms with Crippen molar-refractivity contribution in [2.45, 2.75) is 18.2 Å². The number of ether oxygens (including phenoxy) is 3. The maximum absolute atomic E-state index is 12.6. The molecule has 2 aromatic carbocycles. The average molecular weight is 482 g/mol. The van der Waals surface area contributed by atoms with Crippen molar-refractivity contribution >= 4 is 23.6 Å². The Balaban J connectivity index is 1.24. The van der Waals surface area contributed by atoms with Gasteiger partial charge in [-0.15, -0.1) is 10.2 Å². The van der Waals surface area contributed by atoms with E-state index in [0.29, 0.717) is 37.3 Å². The predicted molar refractivity (Wildman–Crippen MR) is 129 cm³/mol. The van der Waals surface area contributed by atoms with E-state index >= 15 is 0 Å². The van der Waals surface area contributed by atoms with E-state index in [2.05, 4.69) is 33.4 Å². The number of nitrogens with one attached hydrogen (secondary N) is 1. The number of aryl methyl sites for hydroxylation is 1. The number of morpholine rings is 1. The van der Waals surface area contributed by atoms with E-state index in [1.165, 1.54) is 11.8 Å². The molecule has 1 fully saturated rings. The third-order valence-corrected chi connectivity index (χ3v) is 6.62. The molecule has 2 aliphatic heterocycles. The fourth-order valence-corrected chi connectivity index (χ4v) is 4.69. The van der Waals surface area contributed by atoms with E-state index in [9.17, 15) is 4.79 Å². The second-order valence-corrected chi connectivity index (χ2v) is 9.04. The number of benzene rings is 2. The van der Waals surface area contributed by atoms with Gasteiger partial charge in [0.1, 0.15) is 12.7 Å². The molecular weight excluding hydrogens is 454 g/mol. The zero-order valence-electron chi connectivity index (χ0n) is 19.0. The predicted octanol–water partition coefficient (Wildman–Crippen LogP) is 2.46. The molecular formula is C24H27N5O4S. The number of fused-ring (bicyclic) bond motifs is 1. The van der Waals surface area contributed by atoms with Gasteiger partial charge in [0.15, 0.2) is 16.7 Å².